The summed E-state index contributed by atoms with van der Waals surface area (Å²) in [6, 6.07) is 4.92. The molecule has 1 aliphatic rings. The maximum Gasteiger partial charge on any atom is 0.416 e. The monoisotopic (exact) mass is 509 g/mol. The lowest BCUT2D eigenvalue weighted by Gasteiger charge is -2.30. The first kappa shape index (κ1) is 28.1. The van der Waals surface area contributed by atoms with Crippen molar-refractivity contribution < 1.29 is 50.5 Å². The zero-order valence-electron chi connectivity index (χ0n) is 18.1. The summed E-state index contributed by atoms with van der Waals surface area (Å²) in [6.45, 7) is -0.844. The van der Waals surface area contributed by atoms with Gasteiger partial charge in [-0.2, -0.15) is 26.3 Å². The number of carboxylic acid groups (broad SMARTS) is 1. The van der Waals surface area contributed by atoms with Gasteiger partial charge in [0.2, 0.25) is 5.91 Å². The fraction of sp³-hybridized carbons (Fsp3) is 0.391. The van der Waals surface area contributed by atoms with Crippen LogP contribution in [0.1, 0.15) is 53.9 Å². The Morgan fingerprint density at radius 2 is 1.57 bits per heavy atom. The van der Waals surface area contributed by atoms with E-state index in [1.54, 1.807) is 0 Å². The van der Waals surface area contributed by atoms with Crippen molar-refractivity contribution in [2.24, 2.45) is 5.92 Å². The molecule has 0 aliphatic heterocycles. The van der Waals surface area contributed by atoms with Gasteiger partial charge in [0, 0.05) is 5.92 Å². The molecule has 1 fully saturated rings. The predicted octanol–water partition coefficient (Wildman–Crippen LogP) is 5.97. The highest BCUT2D eigenvalue weighted by atomic mass is 19.4. The predicted molar refractivity (Wildman–Crippen MR) is 111 cm³/mol. The molecule has 12 heteroatoms. The van der Waals surface area contributed by atoms with Crippen LogP contribution in [0.4, 0.5) is 36.4 Å². The number of anilines is 1. The molecule has 1 amide bonds. The molecule has 0 radical (unpaired) electrons. The molecule has 2 unspecified atom stereocenters. The van der Waals surface area contributed by atoms with Crippen LogP contribution in [-0.4, -0.2) is 22.6 Å². The van der Waals surface area contributed by atoms with Crippen molar-refractivity contribution in [3.63, 3.8) is 0 Å². The second-order valence-corrected chi connectivity index (χ2v) is 7.92. The van der Waals surface area contributed by atoms with Gasteiger partial charge < -0.3 is 15.5 Å². The third kappa shape index (κ3) is 7.41. The van der Waals surface area contributed by atoms with E-state index in [0.29, 0.717) is 37.0 Å². The molecule has 3 N–H and O–H groups in total. The molecule has 0 spiro atoms. The van der Waals surface area contributed by atoms with Crippen LogP contribution in [0.5, 0.6) is 0 Å². The number of amides is 1. The molecule has 2 aromatic rings. The van der Waals surface area contributed by atoms with Gasteiger partial charge in [-0.15, -0.1) is 0 Å². The molecule has 2 atom stereocenters. The molecule has 35 heavy (non-hydrogen) atoms. The van der Waals surface area contributed by atoms with Crippen LogP contribution in [-0.2, 0) is 28.5 Å². The van der Waals surface area contributed by atoms with Crippen LogP contribution in [0.2, 0.25) is 0 Å². The van der Waals surface area contributed by atoms with Gasteiger partial charge >= 0.3 is 12.4 Å². The topological polar surface area (TPSA) is 86.6 Å². The zero-order valence-corrected chi connectivity index (χ0v) is 18.1. The molecule has 0 heterocycles. The molecule has 2 aromatic carbocycles. The SMILES string of the molecule is O=C(Nc1ccc(C(F)(F)F)cc1F)C1CCCC(c2ccc(C(F)(F)F)cc2CO)C1.O=CO. The van der Waals surface area contributed by atoms with Gasteiger partial charge in [0.25, 0.3) is 6.47 Å². The number of aliphatic hydroxyl groups excluding tert-OH is 1. The number of benzene rings is 2. The van der Waals surface area contributed by atoms with Crippen LogP contribution < -0.4 is 5.32 Å². The third-order valence-electron chi connectivity index (χ3n) is 5.68. The third-order valence-corrected chi connectivity index (χ3v) is 5.68. The van der Waals surface area contributed by atoms with Crippen LogP contribution in [0.25, 0.3) is 0 Å². The Morgan fingerprint density at radius 1 is 1.00 bits per heavy atom. The normalized spacial score (nSPS) is 18.3. The van der Waals surface area contributed by atoms with Gasteiger partial charge in [0.05, 0.1) is 23.4 Å². The van der Waals surface area contributed by atoms with Gasteiger partial charge in [-0.25, -0.2) is 4.39 Å². The van der Waals surface area contributed by atoms with Gasteiger partial charge in [-0.3, -0.25) is 9.59 Å². The molecule has 1 aliphatic carbocycles. The number of hydrogen-bond donors (Lipinski definition) is 3. The quantitative estimate of drug-likeness (QED) is 0.350. The fourth-order valence-corrected chi connectivity index (χ4v) is 4.06. The largest absolute Gasteiger partial charge is 0.483 e. The van der Waals surface area contributed by atoms with E-state index >= 15 is 0 Å². The van der Waals surface area contributed by atoms with E-state index in [2.05, 4.69) is 5.32 Å². The molecular weight excluding hydrogens is 487 g/mol. The van der Waals surface area contributed by atoms with Crippen LogP contribution in [0.3, 0.4) is 0 Å². The van der Waals surface area contributed by atoms with Crippen LogP contribution >= 0.6 is 0 Å². The van der Waals surface area contributed by atoms with Crippen molar-refractivity contribution >= 4 is 18.1 Å². The number of rotatable bonds is 4. The standard InChI is InChI=1S/C22H20F7NO2.CH2O2/c23-18-10-16(22(27,28)29)5-7-19(18)30-20(32)13-3-1-2-12(8-13)17-6-4-15(21(24,25)26)9-14(17)11-31;2-1-3/h4-7,9-10,12-13,31H,1-3,8,11H2,(H,30,32);1H,(H,2,3). The second-order valence-electron chi connectivity index (χ2n) is 7.92. The summed E-state index contributed by atoms with van der Waals surface area (Å²) in [6.07, 6.45) is -7.40. The highest BCUT2D eigenvalue weighted by molar-refractivity contribution is 5.92. The van der Waals surface area contributed by atoms with E-state index in [0.717, 1.165) is 18.2 Å². The van der Waals surface area contributed by atoms with Crippen molar-refractivity contribution in [3.05, 3.63) is 64.5 Å². The molecule has 1 saturated carbocycles. The molecule has 0 aromatic heterocycles. The summed E-state index contributed by atoms with van der Waals surface area (Å²) < 4.78 is 90.9. The molecule has 3 rings (SSSR count). The van der Waals surface area contributed by atoms with Gasteiger partial charge in [0.1, 0.15) is 5.82 Å². The summed E-state index contributed by atoms with van der Waals surface area (Å²) in [7, 11) is 0. The van der Waals surface area contributed by atoms with Crippen LogP contribution in [0, 0.1) is 11.7 Å². The summed E-state index contributed by atoms with van der Waals surface area (Å²) in [4.78, 5) is 21.0. The zero-order chi connectivity index (χ0) is 26.4. The Bertz CT molecular complexity index is 1040. The molecule has 192 valence electrons. The van der Waals surface area contributed by atoms with E-state index in [1.807, 2.05) is 0 Å². The Balaban J connectivity index is 0.00000137. The lowest BCUT2D eigenvalue weighted by molar-refractivity contribution is -0.138. The lowest BCUT2D eigenvalue weighted by Crippen LogP contribution is -2.28. The number of carbonyl (C=O) groups is 2. The first-order chi connectivity index (χ1) is 16.3. The Labute approximate surface area is 195 Å². The Morgan fingerprint density at radius 3 is 2.11 bits per heavy atom. The number of hydrogen-bond acceptors (Lipinski definition) is 3. The molecule has 5 nitrogen and oxygen atoms in total. The Hall–Kier alpha value is -3.15. The van der Waals surface area contributed by atoms with Gasteiger partial charge in [0.15, 0.2) is 0 Å². The summed E-state index contributed by atoms with van der Waals surface area (Å²) in [5, 5.41) is 18.7. The number of alkyl halides is 6. The second kappa shape index (κ2) is 11.5. The molecular formula is C23H22F7NO4. The van der Waals surface area contributed by atoms with Gasteiger partial charge in [-0.05, 0) is 66.6 Å². The first-order valence-corrected chi connectivity index (χ1v) is 10.4. The van der Waals surface area contributed by atoms with Crippen molar-refractivity contribution in [1.82, 2.24) is 0 Å². The average molecular weight is 509 g/mol. The molecule has 0 saturated heterocycles. The number of nitrogens with one attached hydrogen (secondary N) is 1. The minimum absolute atomic E-state index is 0.125. The number of aliphatic hydroxyl groups is 1. The van der Waals surface area contributed by atoms with E-state index in [4.69, 9.17) is 9.90 Å². The van der Waals surface area contributed by atoms with Crippen LogP contribution in [0.15, 0.2) is 36.4 Å². The summed E-state index contributed by atoms with van der Waals surface area (Å²) in [5.41, 5.74) is -1.80. The molecule has 0 bridgehead atoms. The minimum atomic E-state index is -4.72. The highest BCUT2D eigenvalue weighted by Gasteiger charge is 2.34. The van der Waals surface area contributed by atoms with Crippen molar-refractivity contribution in [2.45, 2.75) is 50.6 Å². The van der Waals surface area contributed by atoms with Crippen molar-refractivity contribution in [1.29, 1.82) is 0 Å². The maximum atomic E-state index is 14.0. The first-order valence-electron chi connectivity index (χ1n) is 10.4. The number of carbonyl (C=O) groups excluding carboxylic acids is 1. The van der Waals surface area contributed by atoms with E-state index in [9.17, 15) is 40.6 Å². The lowest BCUT2D eigenvalue weighted by atomic mass is 9.76. The highest BCUT2D eigenvalue weighted by Crippen LogP contribution is 2.40. The van der Waals surface area contributed by atoms with Gasteiger partial charge in [-0.1, -0.05) is 12.5 Å². The van der Waals surface area contributed by atoms with Crippen molar-refractivity contribution in [3.8, 4) is 0 Å². The van der Waals surface area contributed by atoms with E-state index < -0.39 is 47.7 Å². The summed E-state index contributed by atoms with van der Waals surface area (Å²) >= 11 is 0. The van der Waals surface area contributed by atoms with E-state index in [1.165, 1.54) is 6.07 Å². The summed E-state index contributed by atoms with van der Waals surface area (Å²) in [5.74, 6) is -2.69. The van der Waals surface area contributed by atoms with Crippen molar-refractivity contribution in [2.75, 3.05) is 5.32 Å². The minimum Gasteiger partial charge on any atom is -0.483 e. The average Bonchev–Trinajstić information content (AvgIpc) is 2.79. The fourth-order valence-electron chi connectivity index (χ4n) is 4.06. The smallest absolute Gasteiger partial charge is 0.416 e. The van der Waals surface area contributed by atoms with E-state index in [-0.39, 0.29) is 30.1 Å². The Kier molecular flexibility index (Phi) is 9.24. The maximum absolute atomic E-state index is 14.0. The number of halogens is 7.